The number of hydrogen-bond acceptors (Lipinski definition) is 3. The summed E-state index contributed by atoms with van der Waals surface area (Å²) in [6, 6.07) is 22.5. The number of rotatable bonds is 5. The van der Waals surface area contributed by atoms with Gasteiger partial charge in [0.2, 0.25) is 0 Å². The molecule has 3 aromatic rings. The van der Waals surface area contributed by atoms with E-state index in [0.717, 1.165) is 42.3 Å². The molecule has 0 radical (unpaired) electrons. The van der Waals surface area contributed by atoms with E-state index in [1.54, 1.807) is 11.0 Å². The van der Waals surface area contributed by atoms with E-state index in [9.17, 15) is 18.4 Å². The average Bonchev–Trinajstić information content (AvgIpc) is 3.12. The summed E-state index contributed by atoms with van der Waals surface area (Å²) in [5.74, 6) is 0.508. The number of amidine groups is 1. The van der Waals surface area contributed by atoms with E-state index in [-0.39, 0.29) is 5.69 Å². The Balaban J connectivity index is 1.66. The van der Waals surface area contributed by atoms with Crippen molar-refractivity contribution in [1.82, 2.24) is 0 Å². The van der Waals surface area contributed by atoms with E-state index in [4.69, 9.17) is 27.8 Å². The Labute approximate surface area is 231 Å². The Hall–Kier alpha value is -3.33. The number of nitrogens with zero attached hydrogens (tertiary/aromatic N) is 4. The van der Waals surface area contributed by atoms with Crippen LogP contribution in [0.25, 0.3) is 0 Å². The molecular weight excluding hydrogens is 548 g/mol. The molecule has 0 aromatic heterocycles. The SMILES string of the molecule is Cc1ccc(N2C(=S)N(c3ccc(C#N)c(C(F)(F)F)c3)/C(=N/S(=S)Nc3ccccc3)C23CCC3)cc1. The fourth-order valence-corrected chi connectivity index (χ4v) is 6.53. The zero-order chi connectivity index (χ0) is 27.1. The van der Waals surface area contributed by atoms with Gasteiger partial charge in [-0.1, -0.05) is 35.9 Å². The van der Waals surface area contributed by atoms with E-state index in [1.165, 1.54) is 12.1 Å². The fourth-order valence-electron chi connectivity index (χ4n) is 4.76. The van der Waals surface area contributed by atoms with E-state index in [0.29, 0.717) is 10.9 Å². The zero-order valence-corrected chi connectivity index (χ0v) is 22.6. The van der Waals surface area contributed by atoms with Crippen molar-refractivity contribution in [3.05, 3.63) is 89.5 Å². The molecular formula is C27H22F3N5S3. The van der Waals surface area contributed by atoms with E-state index >= 15 is 0 Å². The number of benzene rings is 3. The molecule has 1 atom stereocenters. The number of thiocarbonyl (C=S) groups is 1. The first kappa shape index (κ1) is 26.3. The Bertz CT molecular complexity index is 1480. The molecule has 1 saturated heterocycles. The van der Waals surface area contributed by atoms with Gasteiger partial charge in [0.1, 0.15) is 5.54 Å². The van der Waals surface area contributed by atoms with Crippen LogP contribution in [0.5, 0.6) is 0 Å². The maximum Gasteiger partial charge on any atom is 0.417 e. The first-order chi connectivity index (χ1) is 18.1. The number of anilines is 3. The van der Waals surface area contributed by atoms with Crippen LogP contribution < -0.4 is 14.5 Å². The number of halogens is 3. The van der Waals surface area contributed by atoms with E-state index < -0.39 is 32.7 Å². The number of para-hydroxylation sites is 1. The van der Waals surface area contributed by atoms with Crippen molar-refractivity contribution >= 4 is 61.2 Å². The highest BCUT2D eigenvalue weighted by Gasteiger charge is 2.58. The lowest BCUT2D eigenvalue weighted by molar-refractivity contribution is -0.137. The molecule has 0 amide bonds. The maximum atomic E-state index is 13.9. The molecule has 0 bridgehead atoms. The molecule has 1 saturated carbocycles. The molecule has 1 N–H and O–H groups in total. The Morgan fingerprint density at radius 1 is 1.03 bits per heavy atom. The highest BCUT2D eigenvalue weighted by molar-refractivity contribution is 8.28. The smallest absolute Gasteiger partial charge is 0.309 e. The highest BCUT2D eigenvalue weighted by Crippen LogP contribution is 2.49. The lowest BCUT2D eigenvalue weighted by Gasteiger charge is -2.44. The van der Waals surface area contributed by atoms with Gasteiger partial charge in [-0.3, -0.25) is 4.90 Å². The van der Waals surface area contributed by atoms with Gasteiger partial charge in [-0.2, -0.15) is 22.8 Å². The van der Waals surface area contributed by atoms with E-state index in [2.05, 4.69) is 4.72 Å². The lowest BCUT2D eigenvalue weighted by atomic mass is 9.75. The molecule has 5 rings (SSSR count). The number of alkyl halides is 3. The monoisotopic (exact) mass is 569 g/mol. The van der Waals surface area contributed by atoms with Gasteiger partial charge in [-0.25, -0.2) is 0 Å². The van der Waals surface area contributed by atoms with Gasteiger partial charge in [0.25, 0.3) is 0 Å². The van der Waals surface area contributed by atoms with Crippen LogP contribution in [-0.2, 0) is 27.2 Å². The second-order valence-electron chi connectivity index (χ2n) is 9.15. The summed E-state index contributed by atoms with van der Waals surface area (Å²) in [5.41, 5.74) is 0.781. The summed E-state index contributed by atoms with van der Waals surface area (Å²) < 4.78 is 49.8. The van der Waals surface area contributed by atoms with Crippen LogP contribution in [0.1, 0.15) is 36.0 Å². The molecule has 2 fully saturated rings. The number of nitrogens with one attached hydrogen (secondary N) is 1. The van der Waals surface area contributed by atoms with Crippen LogP contribution in [-0.4, -0.2) is 16.5 Å². The molecule has 11 heteroatoms. The molecule has 1 heterocycles. The number of aryl methyl sites for hydroxylation is 1. The average molecular weight is 570 g/mol. The van der Waals surface area contributed by atoms with Gasteiger partial charge in [-0.05, 0) is 92.1 Å². The summed E-state index contributed by atoms with van der Waals surface area (Å²) in [4.78, 5) is 3.58. The summed E-state index contributed by atoms with van der Waals surface area (Å²) >= 11 is 11.6. The first-order valence-electron chi connectivity index (χ1n) is 11.8. The molecule has 2 aliphatic rings. The van der Waals surface area contributed by atoms with Crippen molar-refractivity contribution in [2.45, 2.75) is 37.9 Å². The second-order valence-corrected chi connectivity index (χ2v) is 11.3. The predicted molar refractivity (Wildman–Crippen MR) is 154 cm³/mol. The third-order valence-corrected chi connectivity index (χ3v) is 8.33. The zero-order valence-electron chi connectivity index (χ0n) is 20.2. The van der Waals surface area contributed by atoms with Crippen LogP contribution in [0.2, 0.25) is 0 Å². The summed E-state index contributed by atoms with van der Waals surface area (Å²) in [5, 5.41) is 9.62. The molecule has 3 aromatic carbocycles. The van der Waals surface area contributed by atoms with Crippen molar-refractivity contribution in [2.75, 3.05) is 14.5 Å². The van der Waals surface area contributed by atoms with Crippen molar-refractivity contribution in [2.24, 2.45) is 4.40 Å². The van der Waals surface area contributed by atoms with E-state index in [1.807, 2.05) is 66.4 Å². The summed E-state index contributed by atoms with van der Waals surface area (Å²) in [7, 11) is -1.12. The number of hydrogen-bond donors (Lipinski definition) is 1. The molecule has 1 unspecified atom stereocenters. The predicted octanol–water partition coefficient (Wildman–Crippen LogP) is 6.84. The van der Waals surface area contributed by atoms with Crippen molar-refractivity contribution in [1.29, 1.82) is 5.26 Å². The van der Waals surface area contributed by atoms with Crippen LogP contribution >= 0.6 is 12.2 Å². The second kappa shape index (κ2) is 10.1. The normalized spacial score (nSPS) is 18.4. The summed E-state index contributed by atoms with van der Waals surface area (Å²) in [6.07, 6.45) is -2.36. The van der Waals surface area contributed by atoms with Crippen molar-refractivity contribution in [3.8, 4) is 6.07 Å². The van der Waals surface area contributed by atoms with Crippen LogP contribution in [0.15, 0.2) is 77.2 Å². The third-order valence-electron chi connectivity index (χ3n) is 6.75. The first-order valence-corrected chi connectivity index (χ1v) is 14.3. The van der Waals surface area contributed by atoms with Crippen LogP contribution in [0, 0.1) is 18.3 Å². The number of nitriles is 1. The molecule has 1 aliphatic carbocycles. The van der Waals surface area contributed by atoms with Gasteiger partial charge in [0.05, 0.1) is 32.7 Å². The van der Waals surface area contributed by atoms with Gasteiger partial charge in [-0.15, -0.1) is 0 Å². The minimum absolute atomic E-state index is 0.188. The van der Waals surface area contributed by atoms with Crippen molar-refractivity contribution < 1.29 is 13.2 Å². The molecule has 194 valence electrons. The topological polar surface area (TPSA) is 54.7 Å². The van der Waals surface area contributed by atoms with Gasteiger partial charge >= 0.3 is 6.18 Å². The Morgan fingerprint density at radius 3 is 2.26 bits per heavy atom. The lowest BCUT2D eigenvalue weighted by Crippen LogP contribution is -2.55. The quantitative estimate of drug-likeness (QED) is 0.340. The van der Waals surface area contributed by atoms with Gasteiger partial charge in [0.15, 0.2) is 10.9 Å². The summed E-state index contributed by atoms with van der Waals surface area (Å²) in [6.45, 7) is 1.98. The Kier molecular flexibility index (Phi) is 6.98. The van der Waals surface area contributed by atoms with Crippen LogP contribution in [0.4, 0.5) is 30.2 Å². The molecule has 5 nitrogen and oxygen atoms in total. The minimum Gasteiger partial charge on any atom is -0.309 e. The molecule has 1 spiro atoms. The third kappa shape index (κ3) is 4.68. The van der Waals surface area contributed by atoms with Crippen LogP contribution in [0.3, 0.4) is 0 Å². The fraction of sp³-hybridized carbons (Fsp3) is 0.222. The van der Waals surface area contributed by atoms with Gasteiger partial charge < -0.3 is 9.62 Å². The standard InChI is InChI=1S/C27H22F3N5S3/c1-18-8-11-21(12-9-18)35-25(36)34(22-13-10-19(17-31)23(16-22)27(28,29)30)24(26(35)14-5-15-26)33-38(37)32-20-6-3-2-4-7-20/h2-4,6-13,16,32H,5,14-15H2,1H3/b33-24+. The van der Waals surface area contributed by atoms with Crippen molar-refractivity contribution in [3.63, 3.8) is 0 Å². The minimum atomic E-state index is -4.71. The molecule has 1 aliphatic heterocycles. The molecule has 38 heavy (non-hydrogen) atoms. The maximum absolute atomic E-state index is 13.9. The highest BCUT2D eigenvalue weighted by atomic mass is 32.8. The Morgan fingerprint density at radius 2 is 1.68 bits per heavy atom. The largest absolute Gasteiger partial charge is 0.417 e. The van der Waals surface area contributed by atoms with Gasteiger partial charge in [0, 0.05) is 11.4 Å².